The molecular formula is C15H19ClFN3O3. The molecule has 2 unspecified atom stereocenters. The van der Waals surface area contributed by atoms with Crippen molar-refractivity contribution in [3.05, 3.63) is 39.2 Å². The Morgan fingerprint density at radius 1 is 1.35 bits per heavy atom. The first-order valence-electron chi connectivity index (χ1n) is 7.45. The van der Waals surface area contributed by atoms with Crippen LogP contribution in [-0.4, -0.2) is 29.0 Å². The van der Waals surface area contributed by atoms with Crippen LogP contribution in [0.5, 0.6) is 0 Å². The standard InChI is InChI=1S/C15H18FN3O3.ClH/c1-8-4-9(16)5-13(14(8)19(21)22)15(20)18-12-6-10-2-3-11(7-12)17-10;/h4-5,10-12,17H,2-3,6-7H2,1H3,(H,18,20);1H. The highest BCUT2D eigenvalue weighted by atomic mass is 35.5. The van der Waals surface area contributed by atoms with Crippen LogP contribution < -0.4 is 10.6 Å². The summed E-state index contributed by atoms with van der Waals surface area (Å²) in [5.74, 6) is -1.21. The van der Waals surface area contributed by atoms with Crippen molar-refractivity contribution >= 4 is 24.0 Å². The van der Waals surface area contributed by atoms with E-state index < -0.39 is 16.6 Å². The molecule has 0 saturated carbocycles. The number of rotatable bonds is 3. The van der Waals surface area contributed by atoms with Crippen molar-refractivity contribution in [1.29, 1.82) is 0 Å². The Bertz CT molecular complexity index is 629. The van der Waals surface area contributed by atoms with Crippen molar-refractivity contribution in [3.63, 3.8) is 0 Å². The molecule has 2 fully saturated rings. The van der Waals surface area contributed by atoms with Crippen LogP contribution in [0.3, 0.4) is 0 Å². The van der Waals surface area contributed by atoms with Crippen LogP contribution in [0, 0.1) is 22.9 Å². The van der Waals surface area contributed by atoms with Crippen LogP contribution in [0.25, 0.3) is 0 Å². The lowest BCUT2D eigenvalue weighted by Gasteiger charge is -2.29. The van der Waals surface area contributed by atoms with Gasteiger partial charge in [0.2, 0.25) is 0 Å². The largest absolute Gasteiger partial charge is 0.349 e. The number of nitro benzene ring substituents is 1. The fourth-order valence-corrected chi connectivity index (χ4v) is 3.59. The molecule has 0 aliphatic carbocycles. The van der Waals surface area contributed by atoms with Gasteiger partial charge in [-0.3, -0.25) is 14.9 Å². The predicted octanol–water partition coefficient (Wildman–Crippen LogP) is 2.48. The zero-order valence-corrected chi connectivity index (χ0v) is 13.5. The summed E-state index contributed by atoms with van der Waals surface area (Å²) in [4.78, 5) is 22.9. The first-order valence-corrected chi connectivity index (χ1v) is 7.45. The van der Waals surface area contributed by atoms with Gasteiger partial charge in [-0.15, -0.1) is 12.4 Å². The number of hydrogen-bond donors (Lipinski definition) is 2. The molecule has 1 aromatic carbocycles. The van der Waals surface area contributed by atoms with Gasteiger partial charge in [0, 0.05) is 23.7 Å². The van der Waals surface area contributed by atoms with Crippen molar-refractivity contribution in [1.82, 2.24) is 10.6 Å². The molecule has 2 atom stereocenters. The Labute approximate surface area is 139 Å². The van der Waals surface area contributed by atoms with Crippen molar-refractivity contribution < 1.29 is 14.1 Å². The summed E-state index contributed by atoms with van der Waals surface area (Å²) in [5, 5.41) is 17.5. The minimum Gasteiger partial charge on any atom is -0.349 e. The minimum atomic E-state index is -0.640. The van der Waals surface area contributed by atoms with Gasteiger partial charge < -0.3 is 10.6 Å². The topological polar surface area (TPSA) is 84.3 Å². The average Bonchev–Trinajstić information content (AvgIpc) is 2.76. The van der Waals surface area contributed by atoms with Crippen molar-refractivity contribution in [2.75, 3.05) is 0 Å². The number of nitrogens with zero attached hydrogens (tertiary/aromatic N) is 1. The summed E-state index contributed by atoms with van der Waals surface area (Å²) in [5.41, 5.74) is -0.371. The number of halogens is 2. The Kier molecular flexibility index (Phi) is 5.21. The molecule has 2 aliphatic rings. The summed E-state index contributed by atoms with van der Waals surface area (Å²) in [6.45, 7) is 1.43. The summed E-state index contributed by atoms with van der Waals surface area (Å²) < 4.78 is 13.5. The normalized spacial score (nSPS) is 25.6. The third-order valence-corrected chi connectivity index (χ3v) is 4.50. The molecule has 2 heterocycles. The van der Waals surface area contributed by atoms with E-state index in [0.717, 1.165) is 37.8 Å². The number of hydrogen-bond acceptors (Lipinski definition) is 4. The van der Waals surface area contributed by atoms with E-state index in [1.807, 2.05) is 0 Å². The summed E-state index contributed by atoms with van der Waals surface area (Å²) in [6, 6.07) is 2.78. The zero-order valence-electron chi connectivity index (χ0n) is 12.7. The quantitative estimate of drug-likeness (QED) is 0.652. The summed E-state index contributed by atoms with van der Waals surface area (Å²) in [6.07, 6.45) is 3.81. The second-order valence-corrected chi connectivity index (χ2v) is 6.16. The molecule has 6 nitrogen and oxygen atoms in total. The summed E-state index contributed by atoms with van der Waals surface area (Å²) >= 11 is 0. The molecule has 3 rings (SSSR count). The van der Waals surface area contributed by atoms with Gasteiger partial charge in [-0.25, -0.2) is 4.39 Å². The summed E-state index contributed by atoms with van der Waals surface area (Å²) in [7, 11) is 0. The molecule has 8 heteroatoms. The molecule has 2 bridgehead atoms. The number of piperidine rings is 1. The Hall–Kier alpha value is -1.73. The molecule has 0 radical (unpaired) electrons. The van der Waals surface area contributed by atoms with Crippen LogP contribution in [0.4, 0.5) is 10.1 Å². The molecular weight excluding hydrogens is 325 g/mol. The van der Waals surface area contributed by atoms with Gasteiger partial charge in [-0.2, -0.15) is 0 Å². The Morgan fingerprint density at radius 2 is 1.96 bits per heavy atom. The monoisotopic (exact) mass is 343 g/mol. The van der Waals surface area contributed by atoms with E-state index in [-0.39, 0.29) is 35.3 Å². The molecule has 2 N–H and O–H groups in total. The molecule has 126 valence electrons. The van der Waals surface area contributed by atoms with Crippen LogP contribution in [0.15, 0.2) is 12.1 Å². The highest BCUT2D eigenvalue weighted by Crippen LogP contribution is 2.28. The van der Waals surface area contributed by atoms with E-state index in [1.54, 1.807) is 0 Å². The van der Waals surface area contributed by atoms with E-state index in [4.69, 9.17) is 0 Å². The van der Waals surface area contributed by atoms with E-state index in [9.17, 15) is 19.3 Å². The first-order chi connectivity index (χ1) is 10.4. The second kappa shape index (κ2) is 6.80. The number of amides is 1. The van der Waals surface area contributed by atoms with Crippen LogP contribution in [0.1, 0.15) is 41.6 Å². The fourth-order valence-electron chi connectivity index (χ4n) is 3.59. The molecule has 1 aromatic rings. The smallest absolute Gasteiger partial charge is 0.285 e. The van der Waals surface area contributed by atoms with Gasteiger partial charge in [0.25, 0.3) is 11.6 Å². The lowest BCUT2D eigenvalue weighted by Crippen LogP contribution is -2.48. The van der Waals surface area contributed by atoms with Crippen molar-refractivity contribution in [2.24, 2.45) is 0 Å². The van der Waals surface area contributed by atoms with Crippen LogP contribution in [0.2, 0.25) is 0 Å². The number of aryl methyl sites for hydroxylation is 1. The second-order valence-electron chi connectivity index (χ2n) is 6.16. The van der Waals surface area contributed by atoms with Gasteiger partial charge in [0.15, 0.2) is 0 Å². The van der Waals surface area contributed by atoms with Crippen molar-refractivity contribution in [3.8, 4) is 0 Å². The number of carbonyl (C=O) groups excluding carboxylic acids is 1. The fraction of sp³-hybridized carbons (Fsp3) is 0.533. The van der Waals surface area contributed by atoms with Crippen LogP contribution >= 0.6 is 12.4 Å². The SMILES string of the molecule is Cc1cc(F)cc(C(=O)NC2CC3CCC(C2)N3)c1[N+](=O)[O-].Cl. The third kappa shape index (κ3) is 3.61. The average molecular weight is 344 g/mol. The van der Waals surface area contributed by atoms with E-state index in [0.29, 0.717) is 12.1 Å². The maximum atomic E-state index is 13.5. The Balaban J connectivity index is 0.00000192. The predicted molar refractivity (Wildman–Crippen MR) is 85.5 cm³/mol. The number of carbonyl (C=O) groups is 1. The highest BCUT2D eigenvalue weighted by molar-refractivity contribution is 5.98. The van der Waals surface area contributed by atoms with E-state index in [2.05, 4.69) is 10.6 Å². The maximum absolute atomic E-state index is 13.5. The van der Waals surface area contributed by atoms with E-state index >= 15 is 0 Å². The molecule has 1 amide bonds. The van der Waals surface area contributed by atoms with Crippen molar-refractivity contribution in [2.45, 2.75) is 50.7 Å². The highest BCUT2D eigenvalue weighted by Gasteiger charge is 2.35. The number of fused-ring (bicyclic) bond motifs is 2. The molecule has 2 aliphatic heterocycles. The lowest BCUT2D eigenvalue weighted by molar-refractivity contribution is -0.385. The van der Waals surface area contributed by atoms with Gasteiger partial charge in [0.1, 0.15) is 11.4 Å². The number of nitrogens with one attached hydrogen (secondary N) is 2. The van der Waals surface area contributed by atoms with Gasteiger partial charge >= 0.3 is 0 Å². The first kappa shape index (κ1) is 17.6. The zero-order chi connectivity index (χ0) is 15.9. The van der Waals surface area contributed by atoms with Gasteiger partial charge in [0.05, 0.1) is 4.92 Å². The molecule has 2 saturated heterocycles. The maximum Gasteiger partial charge on any atom is 0.285 e. The lowest BCUT2D eigenvalue weighted by atomic mass is 9.99. The van der Waals surface area contributed by atoms with Gasteiger partial charge in [-0.1, -0.05) is 0 Å². The molecule has 23 heavy (non-hydrogen) atoms. The number of benzene rings is 1. The molecule has 0 aromatic heterocycles. The van der Waals surface area contributed by atoms with Gasteiger partial charge in [-0.05, 0) is 44.7 Å². The number of nitro groups is 1. The minimum absolute atomic E-state index is 0. The van der Waals surface area contributed by atoms with Crippen LogP contribution in [-0.2, 0) is 0 Å². The Morgan fingerprint density at radius 3 is 2.52 bits per heavy atom. The molecule has 0 spiro atoms. The van der Waals surface area contributed by atoms with E-state index in [1.165, 1.54) is 6.92 Å². The third-order valence-electron chi connectivity index (χ3n) is 4.50.